The minimum absolute atomic E-state index is 0.00185. The highest BCUT2D eigenvalue weighted by Gasteiger charge is 2.15. The lowest BCUT2D eigenvalue weighted by Gasteiger charge is -2.04. The summed E-state index contributed by atoms with van der Waals surface area (Å²) in [5.41, 5.74) is 0.510. The predicted molar refractivity (Wildman–Crippen MR) is 51.4 cm³/mol. The number of fused-ring (bicyclic) bond motifs is 1. The van der Waals surface area contributed by atoms with Gasteiger partial charge in [-0.1, -0.05) is 11.6 Å². The molecule has 0 fully saturated rings. The number of nitrogens with zero attached hydrogens (tertiary/aromatic N) is 1. The van der Waals surface area contributed by atoms with Crippen molar-refractivity contribution in [2.45, 2.75) is 6.92 Å². The van der Waals surface area contributed by atoms with E-state index in [4.69, 9.17) is 11.6 Å². The molecule has 1 aromatic heterocycles. The second-order valence-corrected chi connectivity index (χ2v) is 3.51. The molecule has 0 spiro atoms. The smallest absolute Gasteiger partial charge is 0.195 e. The van der Waals surface area contributed by atoms with E-state index in [1.54, 1.807) is 6.92 Å². The molecule has 78 valence electrons. The summed E-state index contributed by atoms with van der Waals surface area (Å²) in [6, 6.07) is 2.15. The lowest BCUT2D eigenvalue weighted by atomic mass is 10.1. The Hall–Kier alpha value is -1.29. The van der Waals surface area contributed by atoms with Crippen LogP contribution in [0.25, 0.3) is 10.9 Å². The molecule has 0 aliphatic carbocycles. The van der Waals surface area contributed by atoms with Crippen molar-refractivity contribution >= 4 is 22.5 Å². The molecule has 15 heavy (non-hydrogen) atoms. The fraction of sp³-hybridized carbons (Fsp3) is 0.100. The summed E-state index contributed by atoms with van der Waals surface area (Å²) < 4.78 is 39.0. The molecule has 0 saturated heterocycles. The van der Waals surface area contributed by atoms with Gasteiger partial charge in [-0.15, -0.1) is 0 Å². The van der Waals surface area contributed by atoms with Crippen molar-refractivity contribution < 1.29 is 13.2 Å². The van der Waals surface area contributed by atoms with Crippen LogP contribution in [-0.4, -0.2) is 4.98 Å². The van der Waals surface area contributed by atoms with E-state index in [0.717, 1.165) is 6.07 Å². The van der Waals surface area contributed by atoms with E-state index in [-0.39, 0.29) is 16.1 Å². The van der Waals surface area contributed by atoms with Crippen LogP contribution in [0, 0.1) is 24.4 Å². The van der Waals surface area contributed by atoms with E-state index < -0.39 is 17.5 Å². The largest absolute Gasteiger partial charge is 0.236 e. The van der Waals surface area contributed by atoms with Crippen molar-refractivity contribution in [1.82, 2.24) is 4.98 Å². The molecule has 0 bridgehead atoms. The Morgan fingerprint density at radius 2 is 1.80 bits per heavy atom. The van der Waals surface area contributed by atoms with Crippen LogP contribution in [0.1, 0.15) is 5.56 Å². The zero-order chi connectivity index (χ0) is 11.2. The second-order valence-electron chi connectivity index (χ2n) is 3.15. The van der Waals surface area contributed by atoms with Gasteiger partial charge in [0.2, 0.25) is 0 Å². The van der Waals surface area contributed by atoms with Crippen molar-refractivity contribution in [2.24, 2.45) is 0 Å². The highest BCUT2D eigenvalue weighted by atomic mass is 35.5. The van der Waals surface area contributed by atoms with Gasteiger partial charge < -0.3 is 0 Å². The number of rotatable bonds is 0. The van der Waals surface area contributed by atoms with Gasteiger partial charge in [-0.25, -0.2) is 18.2 Å². The number of pyridine rings is 1. The maximum Gasteiger partial charge on any atom is 0.195 e. The molecule has 2 aromatic rings. The monoisotopic (exact) mass is 231 g/mol. The van der Waals surface area contributed by atoms with Gasteiger partial charge in [0.1, 0.15) is 5.15 Å². The molecule has 0 atom stereocenters. The van der Waals surface area contributed by atoms with Crippen molar-refractivity contribution in [3.05, 3.63) is 40.3 Å². The van der Waals surface area contributed by atoms with E-state index >= 15 is 0 Å². The van der Waals surface area contributed by atoms with E-state index in [1.807, 2.05) is 0 Å². The Morgan fingerprint density at radius 1 is 1.13 bits per heavy atom. The standard InChI is InChI=1S/C10H5ClF3N/c1-4-2-5-7(15-10(4)11)3-6(12)9(14)8(5)13/h2-3H,1H3. The summed E-state index contributed by atoms with van der Waals surface area (Å²) in [4.78, 5) is 3.76. The highest BCUT2D eigenvalue weighted by molar-refractivity contribution is 6.30. The zero-order valence-corrected chi connectivity index (χ0v) is 8.37. The minimum atomic E-state index is -1.49. The first-order valence-electron chi connectivity index (χ1n) is 4.11. The number of aryl methyl sites for hydroxylation is 1. The van der Waals surface area contributed by atoms with Gasteiger partial charge in [-0.3, -0.25) is 0 Å². The quantitative estimate of drug-likeness (QED) is 0.499. The molecule has 0 radical (unpaired) electrons. The van der Waals surface area contributed by atoms with Crippen molar-refractivity contribution in [2.75, 3.05) is 0 Å². The molecule has 2 rings (SSSR count). The average Bonchev–Trinajstić information content (AvgIpc) is 2.19. The van der Waals surface area contributed by atoms with Gasteiger partial charge in [-0.2, -0.15) is 0 Å². The molecule has 1 nitrogen and oxygen atoms in total. The van der Waals surface area contributed by atoms with Crippen LogP contribution in [-0.2, 0) is 0 Å². The number of halogens is 4. The van der Waals surface area contributed by atoms with Crippen LogP contribution in [0.5, 0.6) is 0 Å². The molecular weight excluding hydrogens is 227 g/mol. The van der Waals surface area contributed by atoms with Crippen molar-refractivity contribution in [3.8, 4) is 0 Å². The molecular formula is C10H5ClF3N. The first-order valence-corrected chi connectivity index (χ1v) is 4.49. The first-order chi connectivity index (χ1) is 7.00. The molecule has 0 unspecified atom stereocenters. The molecule has 0 amide bonds. The molecule has 0 saturated carbocycles. The Balaban J connectivity index is 2.93. The summed E-state index contributed by atoms with van der Waals surface area (Å²) in [7, 11) is 0. The van der Waals surface area contributed by atoms with Crippen LogP contribution in [0.3, 0.4) is 0 Å². The van der Waals surface area contributed by atoms with Gasteiger partial charge in [0.15, 0.2) is 17.5 Å². The highest BCUT2D eigenvalue weighted by Crippen LogP contribution is 2.25. The Bertz CT molecular complexity index is 549. The predicted octanol–water partition coefficient (Wildman–Crippen LogP) is 3.61. The van der Waals surface area contributed by atoms with E-state index in [2.05, 4.69) is 4.98 Å². The minimum Gasteiger partial charge on any atom is -0.236 e. The maximum absolute atomic E-state index is 13.3. The molecule has 1 heterocycles. The van der Waals surface area contributed by atoms with Crippen molar-refractivity contribution in [3.63, 3.8) is 0 Å². The third-order valence-electron chi connectivity index (χ3n) is 2.08. The second kappa shape index (κ2) is 3.38. The Morgan fingerprint density at radius 3 is 2.47 bits per heavy atom. The number of aromatic nitrogens is 1. The number of hydrogen-bond acceptors (Lipinski definition) is 1. The number of hydrogen-bond donors (Lipinski definition) is 0. The summed E-state index contributed by atoms with van der Waals surface area (Å²) in [5, 5.41) is 0.0729. The van der Waals surface area contributed by atoms with Gasteiger partial charge >= 0.3 is 0 Å². The summed E-state index contributed by atoms with van der Waals surface area (Å²) in [6.45, 7) is 1.61. The van der Waals surface area contributed by atoms with Crippen LogP contribution in [0.2, 0.25) is 5.15 Å². The van der Waals surface area contributed by atoms with Crippen LogP contribution in [0.4, 0.5) is 13.2 Å². The summed E-state index contributed by atoms with van der Waals surface area (Å²) in [6.07, 6.45) is 0. The van der Waals surface area contributed by atoms with E-state index in [1.165, 1.54) is 6.07 Å². The summed E-state index contributed by atoms with van der Waals surface area (Å²) >= 11 is 5.68. The topological polar surface area (TPSA) is 12.9 Å². The van der Waals surface area contributed by atoms with Crippen molar-refractivity contribution in [1.29, 1.82) is 0 Å². The number of benzene rings is 1. The van der Waals surface area contributed by atoms with Gasteiger partial charge in [0.05, 0.1) is 5.52 Å². The Labute approximate surface area is 88.5 Å². The molecule has 0 aliphatic rings. The maximum atomic E-state index is 13.3. The molecule has 0 aliphatic heterocycles. The van der Waals surface area contributed by atoms with E-state index in [0.29, 0.717) is 5.56 Å². The molecule has 1 aromatic carbocycles. The normalized spacial score (nSPS) is 11.0. The van der Waals surface area contributed by atoms with Gasteiger partial charge in [0, 0.05) is 11.5 Å². The first kappa shape index (κ1) is 10.2. The van der Waals surface area contributed by atoms with Crippen LogP contribution >= 0.6 is 11.6 Å². The van der Waals surface area contributed by atoms with Crippen LogP contribution < -0.4 is 0 Å². The molecule has 5 heteroatoms. The zero-order valence-electron chi connectivity index (χ0n) is 7.61. The van der Waals surface area contributed by atoms with Gasteiger partial charge in [0.25, 0.3) is 0 Å². The fourth-order valence-corrected chi connectivity index (χ4v) is 1.44. The average molecular weight is 232 g/mol. The third kappa shape index (κ3) is 1.55. The summed E-state index contributed by atoms with van der Waals surface area (Å²) in [5.74, 6) is -4.00. The van der Waals surface area contributed by atoms with Crippen LogP contribution in [0.15, 0.2) is 12.1 Å². The SMILES string of the molecule is Cc1cc2c(F)c(F)c(F)cc2nc1Cl. The lowest BCUT2D eigenvalue weighted by molar-refractivity contribution is 0.453. The lowest BCUT2D eigenvalue weighted by Crippen LogP contribution is -1.95. The Kier molecular flexibility index (Phi) is 2.31. The van der Waals surface area contributed by atoms with Gasteiger partial charge in [-0.05, 0) is 18.6 Å². The molecule has 0 N–H and O–H groups in total. The fourth-order valence-electron chi connectivity index (χ4n) is 1.30. The van der Waals surface area contributed by atoms with E-state index in [9.17, 15) is 13.2 Å². The third-order valence-corrected chi connectivity index (χ3v) is 2.47.